The lowest BCUT2D eigenvalue weighted by Crippen LogP contribution is -2.35. The molecule has 5 nitrogen and oxygen atoms in total. The molecule has 1 heterocycles. The third-order valence-electron chi connectivity index (χ3n) is 2.16. The molecule has 1 aromatic heterocycles. The van der Waals surface area contributed by atoms with E-state index in [1.54, 1.807) is 39.8 Å². The Morgan fingerprint density at radius 2 is 2.11 bits per heavy atom. The molecule has 1 unspecified atom stereocenters. The molecule has 1 N–H and O–H groups in total. The molecule has 0 saturated heterocycles. The van der Waals surface area contributed by atoms with Crippen LogP contribution in [0.3, 0.4) is 0 Å². The number of hydrogen-bond acceptors (Lipinski definition) is 4. The highest BCUT2D eigenvalue weighted by Gasteiger charge is 2.21. The number of halogens is 1. The standard InChI is InChI=1S/C13H17ClN2O3/c1-8-5-6-9(11(14)15-8)10(7-17)16-12(18)19-13(2,3)4/h5-7,10H,1-4H3,(H,16,18). The van der Waals surface area contributed by atoms with Crippen LogP contribution in [0.25, 0.3) is 0 Å². The van der Waals surface area contributed by atoms with Crippen molar-refractivity contribution >= 4 is 24.0 Å². The number of aryl methyl sites for hydroxylation is 1. The third kappa shape index (κ3) is 4.87. The largest absolute Gasteiger partial charge is 0.444 e. The van der Waals surface area contributed by atoms with Gasteiger partial charge in [0.1, 0.15) is 23.1 Å². The molecule has 0 spiro atoms. The van der Waals surface area contributed by atoms with Crippen molar-refractivity contribution < 1.29 is 14.3 Å². The highest BCUT2D eigenvalue weighted by atomic mass is 35.5. The lowest BCUT2D eigenvalue weighted by molar-refractivity contribution is -0.109. The van der Waals surface area contributed by atoms with Gasteiger partial charge >= 0.3 is 6.09 Å². The smallest absolute Gasteiger partial charge is 0.408 e. The normalized spacial score (nSPS) is 12.7. The summed E-state index contributed by atoms with van der Waals surface area (Å²) in [6, 6.07) is 2.49. The molecule has 0 fully saturated rings. The second-order valence-electron chi connectivity index (χ2n) is 5.09. The minimum Gasteiger partial charge on any atom is -0.444 e. The van der Waals surface area contributed by atoms with Gasteiger partial charge in [0, 0.05) is 11.3 Å². The van der Waals surface area contributed by atoms with Gasteiger partial charge in [0.25, 0.3) is 0 Å². The maximum atomic E-state index is 11.6. The zero-order chi connectivity index (χ0) is 14.6. The summed E-state index contributed by atoms with van der Waals surface area (Å²) in [5.74, 6) is 0. The van der Waals surface area contributed by atoms with Crippen LogP contribution in [0.5, 0.6) is 0 Å². The Morgan fingerprint density at radius 1 is 1.47 bits per heavy atom. The van der Waals surface area contributed by atoms with Crippen LogP contribution in [0.1, 0.15) is 38.1 Å². The second kappa shape index (κ2) is 6.02. The summed E-state index contributed by atoms with van der Waals surface area (Å²) in [5, 5.41) is 2.63. The number of nitrogens with zero attached hydrogens (tertiary/aromatic N) is 1. The number of alkyl carbamates (subject to hydrolysis) is 1. The minimum atomic E-state index is -0.879. The van der Waals surface area contributed by atoms with E-state index < -0.39 is 17.7 Å². The Kier molecular flexibility index (Phi) is 4.89. The van der Waals surface area contributed by atoms with Gasteiger partial charge in [-0.15, -0.1) is 0 Å². The Labute approximate surface area is 117 Å². The average Bonchev–Trinajstić information content (AvgIpc) is 2.24. The van der Waals surface area contributed by atoms with Crippen molar-refractivity contribution in [1.29, 1.82) is 0 Å². The topological polar surface area (TPSA) is 68.3 Å². The van der Waals surface area contributed by atoms with E-state index in [2.05, 4.69) is 10.3 Å². The lowest BCUT2D eigenvalue weighted by Gasteiger charge is -2.21. The highest BCUT2D eigenvalue weighted by Crippen LogP contribution is 2.20. The van der Waals surface area contributed by atoms with Gasteiger partial charge in [0.05, 0.1) is 0 Å². The van der Waals surface area contributed by atoms with E-state index in [0.29, 0.717) is 11.8 Å². The van der Waals surface area contributed by atoms with Crippen molar-refractivity contribution in [1.82, 2.24) is 10.3 Å². The van der Waals surface area contributed by atoms with Crippen LogP contribution >= 0.6 is 11.6 Å². The van der Waals surface area contributed by atoms with Crippen LogP contribution in [0.4, 0.5) is 4.79 Å². The van der Waals surface area contributed by atoms with Crippen LogP contribution < -0.4 is 5.32 Å². The Morgan fingerprint density at radius 3 is 2.58 bits per heavy atom. The summed E-state index contributed by atoms with van der Waals surface area (Å²) in [6.07, 6.45) is -0.0939. The van der Waals surface area contributed by atoms with Gasteiger partial charge in [-0.05, 0) is 33.8 Å². The summed E-state index contributed by atoms with van der Waals surface area (Å²) in [7, 11) is 0. The SMILES string of the molecule is Cc1ccc(C(C=O)NC(=O)OC(C)(C)C)c(Cl)n1. The summed E-state index contributed by atoms with van der Waals surface area (Å²) in [6.45, 7) is 7.00. The van der Waals surface area contributed by atoms with Gasteiger partial charge in [0.15, 0.2) is 0 Å². The first-order chi connectivity index (χ1) is 8.73. The first kappa shape index (κ1) is 15.4. The van der Waals surface area contributed by atoms with Crippen LogP contribution in [0.15, 0.2) is 12.1 Å². The fourth-order valence-electron chi connectivity index (χ4n) is 1.39. The van der Waals surface area contributed by atoms with Gasteiger partial charge < -0.3 is 14.8 Å². The van der Waals surface area contributed by atoms with E-state index in [-0.39, 0.29) is 5.15 Å². The van der Waals surface area contributed by atoms with Gasteiger partial charge in [-0.1, -0.05) is 17.7 Å². The molecule has 1 rings (SSSR count). The van der Waals surface area contributed by atoms with Crippen LogP contribution in [-0.2, 0) is 9.53 Å². The second-order valence-corrected chi connectivity index (χ2v) is 5.45. The van der Waals surface area contributed by atoms with Crippen molar-refractivity contribution in [3.05, 3.63) is 28.5 Å². The number of ether oxygens (including phenoxy) is 1. The molecule has 0 radical (unpaired) electrons. The zero-order valence-electron chi connectivity index (χ0n) is 11.4. The Balaban J connectivity index is 2.84. The highest BCUT2D eigenvalue weighted by molar-refractivity contribution is 6.30. The number of aldehydes is 1. The summed E-state index contributed by atoms with van der Waals surface area (Å²) < 4.78 is 5.08. The summed E-state index contributed by atoms with van der Waals surface area (Å²) in [4.78, 5) is 26.7. The van der Waals surface area contributed by atoms with Gasteiger partial charge in [-0.25, -0.2) is 9.78 Å². The fourth-order valence-corrected chi connectivity index (χ4v) is 1.70. The van der Waals surface area contributed by atoms with Crippen molar-refractivity contribution in [2.24, 2.45) is 0 Å². The molecule has 19 heavy (non-hydrogen) atoms. The number of carbonyl (C=O) groups is 2. The molecule has 6 heteroatoms. The number of pyridine rings is 1. The monoisotopic (exact) mass is 284 g/mol. The number of amides is 1. The molecule has 0 aliphatic rings. The number of rotatable bonds is 3. The van der Waals surface area contributed by atoms with E-state index in [9.17, 15) is 9.59 Å². The number of aromatic nitrogens is 1. The average molecular weight is 285 g/mol. The summed E-state index contributed by atoms with van der Waals surface area (Å²) >= 11 is 5.96. The molecule has 0 aliphatic carbocycles. The molecule has 0 aliphatic heterocycles. The molecule has 0 saturated carbocycles. The number of nitrogens with one attached hydrogen (secondary N) is 1. The van der Waals surface area contributed by atoms with Gasteiger partial charge in [-0.2, -0.15) is 0 Å². The lowest BCUT2D eigenvalue weighted by atomic mass is 10.1. The van der Waals surface area contributed by atoms with Crippen molar-refractivity contribution in [3.63, 3.8) is 0 Å². The molecule has 1 amide bonds. The maximum Gasteiger partial charge on any atom is 0.408 e. The zero-order valence-corrected chi connectivity index (χ0v) is 12.1. The molecule has 0 aromatic carbocycles. The molecular weight excluding hydrogens is 268 g/mol. The molecule has 0 bridgehead atoms. The quantitative estimate of drug-likeness (QED) is 0.684. The van der Waals surface area contributed by atoms with E-state index >= 15 is 0 Å². The molecule has 1 aromatic rings. The first-order valence-corrected chi connectivity index (χ1v) is 6.18. The molecular formula is C13H17ClN2O3. The van der Waals surface area contributed by atoms with Gasteiger partial charge in [-0.3, -0.25) is 0 Å². The fraction of sp³-hybridized carbons (Fsp3) is 0.462. The Hall–Kier alpha value is -1.62. The van der Waals surface area contributed by atoms with Crippen molar-refractivity contribution in [3.8, 4) is 0 Å². The van der Waals surface area contributed by atoms with Crippen LogP contribution in [0.2, 0.25) is 5.15 Å². The van der Waals surface area contributed by atoms with Crippen LogP contribution in [0, 0.1) is 6.92 Å². The third-order valence-corrected chi connectivity index (χ3v) is 2.46. The number of hydrogen-bond donors (Lipinski definition) is 1. The summed E-state index contributed by atoms with van der Waals surface area (Å²) in [5.41, 5.74) is 0.538. The first-order valence-electron chi connectivity index (χ1n) is 5.81. The van der Waals surface area contributed by atoms with Crippen LogP contribution in [-0.4, -0.2) is 23.0 Å². The molecule has 104 valence electrons. The van der Waals surface area contributed by atoms with Crippen molar-refractivity contribution in [2.75, 3.05) is 0 Å². The predicted molar refractivity (Wildman–Crippen MR) is 72.2 cm³/mol. The Bertz CT molecular complexity index is 483. The minimum absolute atomic E-state index is 0.188. The van der Waals surface area contributed by atoms with Gasteiger partial charge in [0.2, 0.25) is 0 Å². The van der Waals surface area contributed by atoms with E-state index in [4.69, 9.17) is 16.3 Å². The van der Waals surface area contributed by atoms with E-state index in [1.807, 2.05) is 0 Å². The molecule has 1 atom stereocenters. The van der Waals surface area contributed by atoms with E-state index in [1.165, 1.54) is 0 Å². The van der Waals surface area contributed by atoms with E-state index in [0.717, 1.165) is 5.69 Å². The number of carbonyl (C=O) groups excluding carboxylic acids is 2. The maximum absolute atomic E-state index is 11.6. The van der Waals surface area contributed by atoms with Crippen molar-refractivity contribution in [2.45, 2.75) is 39.3 Å². The predicted octanol–water partition coefficient (Wildman–Crippen LogP) is 2.81.